The normalized spacial score (nSPS) is 5.29. The molecule has 3 nitrogen and oxygen atoms in total. The van der Waals surface area contributed by atoms with Crippen LogP contribution in [0.1, 0.15) is 1.43 Å². The van der Waals surface area contributed by atoms with Crippen molar-refractivity contribution in [1.29, 1.82) is 0 Å². The van der Waals surface area contributed by atoms with E-state index in [-0.39, 0.29) is 54.9 Å². The van der Waals surface area contributed by atoms with Crippen LogP contribution in [-0.2, 0) is 4.79 Å². The molecule has 0 bridgehead atoms. The fourth-order valence-corrected chi connectivity index (χ4v) is 0. The average molecular weight is 129 g/mol. The Balaban J connectivity index is -0.0000000267. The van der Waals surface area contributed by atoms with Gasteiger partial charge >= 0.3 is 35.5 Å². The van der Waals surface area contributed by atoms with Gasteiger partial charge in [-0.15, -0.1) is 0 Å². The van der Waals surface area contributed by atoms with Gasteiger partial charge in [0, 0.05) is 0 Å². The zero-order valence-electron chi connectivity index (χ0n) is 4.64. The molecule has 0 heterocycles. The second kappa shape index (κ2) is 10.1. The van der Waals surface area contributed by atoms with Gasteiger partial charge in [0.1, 0.15) is 0 Å². The summed E-state index contributed by atoms with van der Waals surface area (Å²) < 4.78 is 0. The maximum absolute atomic E-state index is 9.24. The van der Waals surface area contributed by atoms with Crippen LogP contribution < -0.4 is 35.3 Å². The molecule has 5 heteroatoms. The van der Waals surface area contributed by atoms with Crippen molar-refractivity contribution < 1.29 is 40.9 Å². The van der Waals surface area contributed by atoms with Crippen molar-refractivity contribution in [3.63, 3.8) is 0 Å². The largest absolute Gasteiger partial charge is 1.00 e. The molecular formula is C2H9AlNNaO2. The number of nitrogens with two attached hydrogens (primary N) is 1. The Bertz CT molecular complexity index is 55.3. The molecule has 0 aliphatic carbocycles. The van der Waals surface area contributed by atoms with Crippen molar-refractivity contribution in [3.8, 4) is 0 Å². The fraction of sp³-hybridized carbons (Fsp3) is 0.500. The smallest absolute Gasteiger partial charge is 1.00 e. The molecule has 0 saturated carbocycles. The molecule has 0 unspecified atom stereocenters. The quantitative estimate of drug-likeness (QED) is 0.348. The van der Waals surface area contributed by atoms with Gasteiger partial charge in [-0.05, 0) is 0 Å². The molecule has 0 aromatic carbocycles. The first-order chi connectivity index (χ1) is 2.27. The third-order valence-corrected chi connectivity index (χ3v) is 0.175. The predicted octanol–water partition coefficient (Wildman–Crippen LogP) is -5.04. The Hall–Kier alpha value is 0.962. The minimum Gasteiger partial charge on any atom is -1.00 e. The van der Waals surface area contributed by atoms with Crippen molar-refractivity contribution in [2.24, 2.45) is 5.73 Å². The van der Waals surface area contributed by atoms with E-state index in [2.05, 4.69) is 5.73 Å². The Labute approximate surface area is 76.2 Å². The maximum atomic E-state index is 9.24. The summed E-state index contributed by atoms with van der Waals surface area (Å²) in [7, 11) is 0. The maximum Gasteiger partial charge on any atom is 1.00 e. The molecule has 3 N–H and O–H groups in total. The average Bonchev–Trinajstić information content (AvgIpc) is 1.38. The van der Waals surface area contributed by atoms with Gasteiger partial charge in [-0.3, -0.25) is 4.79 Å². The zero-order valence-corrected chi connectivity index (χ0v) is 5.64. The first-order valence-electron chi connectivity index (χ1n) is 1.19. The van der Waals surface area contributed by atoms with Gasteiger partial charge < -0.3 is 12.3 Å². The predicted molar refractivity (Wildman–Crippen MR) is 27.7 cm³/mol. The summed E-state index contributed by atoms with van der Waals surface area (Å²) in [4.78, 5) is 9.24. The van der Waals surface area contributed by atoms with E-state index >= 15 is 0 Å². The van der Waals surface area contributed by atoms with E-state index in [1.54, 1.807) is 0 Å². The van der Waals surface area contributed by atoms with Crippen LogP contribution in [0.25, 0.3) is 0 Å². The number of hydrogen-bond acceptors (Lipinski definition) is 2. The molecule has 0 fully saturated rings. The van der Waals surface area contributed by atoms with Crippen LogP contribution in [0, 0.1) is 0 Å². The van der Waals surface area contributed by atoms with Gasteiger partial charge in [0.25, 0.3) is 0 Å². The molecule has 38 valence electrons. The second-order valence-electron chi connectivity index (χ2n) is 0.598. The molecule has 0 amide bonds. The molecule has 0 aliphatic heterocycles. The molecule has 0 saturated heterocycles. The van der Waals surface area contributed by atoms with E-state index in [1.165, 1.54) is 0 Å². The van der Waals surface area contributed by atoms with E-state index in [0.717, 1.165) is 0 Å². The molecule has 0 atom stereocenters. The standard InChI is InChI=1S/C2H5NO2.Al.Na.4H/c3-1-2(4)5;;;;;;/h1,3H2,(H,4,5);;;;;;/q;;+1;;;;-1. The molecular weight excluding hydrogens is 120 g/mol. The summed E-state index contributed by atoms with van der Waals surface area (Å²) in [5.74, 6) is -0.968. The van der Waals surface area contributed by atoms with Gasteiger partial charge in [-0.25, -0.2) is 0 Å². The fourth-order valence-electron chi connectivity index (χ4n) is 0. The minimum atomic E-state index is -0.968. The summed E-state index contributed by atoms with van der Waals surface area (Å²) in [5, 5.41) is 7.60. The van der Waals surface area contributed by atoms with E-state index in [0.29, 0.717) is 0 Å². The molecule has 0 spiro atoms. The summed E-state index contributed by atoms with van der Waals surface area (Å²) in [6.45, 7) is -0.278. The number of carbonyl (C=O) groups is 1. The number of hydrogen-bond donors (Lipinski definition) is 2. The van der Waals surface area contributed by atoms with Gasteiger partial charge in [0.05, 0.1) is 6.54 Å². The van der Waals surface area contributed by atoms with Crippen LogP contribution in [0.15, 0.2) is 0 Å². The summed E-state index contributed by atoms with van der Waals surface area (Å²) >= 11 is 0. The van der Waals surface area contributed by atoms with E-state index in [9.17, 15) is 4.79 Å². The van der Waals surface area contributed by atoms with Gasteiger partial charge in [-0.1, -0.05) is 0 Å². The number of carboxylic acid groups (broad SMARTS) is 1. The van der Waals surface area contributed by atoms with Crippen molar-refractivity contribution in [2.75, 3.05) is 6.54 Å². The SMILES string of the molecule is NCC(=O)O.[AlH3].[H-].[Na+]. The monoisotopic (exact) mass is 129 g/mol. The van der Waals surface area contributed by atoms with Crippen molar-refractivity contribution in [2.45, 2.75) is 0 Å². The third-order valence-electron chi connectivity index (χ3n) is 0.175. The minimum absolute atomic E-state index is 0. The van der Waals surface area contributed by atoms with Gasteiger partial charge in [0.15, 0.2) is 17.4 Å². The van der Waals surface area contributed by atoms with Crippen LogP contribution >= 0.6 is 0 Å². The molecule has 0 rings (SSSR count). The van der Waals surface area contributed by atoms with E-state index in [4.69, 9.17) is 5.11 Å². The van der Waals surface area contributed by atoms with E-state index < -0.39 is 5.97 Å². The summed E-state index contributed by atoms with van der Waals surface area (Å²) in [6.07, 6.45) is 0. The van der Waals surface area contributed by atoms with Crippen LogP contribution in [0.4, 0.5) is 0 Å². The molecule has 0 aromatic heterocycles. The Morgan fingerprint density at radius 2 is 2.00 bits per heavy atom. The van der Waals surface area contributed by atoms with Crippen molar-refractivity contribution in [1.82, 2.24) is 0 Å². The van der Waals surface area contributed by atoms with Crippen molar-refractivity contribution >= 4 is 23.3 Å². The van der Waals surface area contributed by atoms with Crippen LogP contribution in [-0.4, -0.2) is 35.0 Å². The second-order valence-corrected chi connectivity index (χ2v) is 0.598. The number of carboxylic acids is 1. The first kappa shape index (κ1) is 15.7. The van der Waals surface area contributed by atoms with Gasteiger partial charge in [0.2, 0.25) is 0 Å². The molecule has 7 heavy (non-hydrogen) atoms. The third kappa shape index (κ3) is 19.5. The Morgan fingerprint density at radius 1 is 1.86 bits per heavy atom. The number of rotatable bonds is 1. The Morgan fingerprint density at radius 3 is 2.00 bits per heavy atom. The van der Waals surface area contributed by atoms with Crippen LogP contribution in [0.3, 0.4) is 0 Å². The molecule has 0 aromatic rings. The van der Waals surface area contributed by atoms with Gasteiger partial charge in [-0.2, -0.15) is 0 Å². The Kier molecular flexibility index (Phi) is 22.5. The number of aliphatic carboxylic acids is 1. The zero-order chi connectivity index (χ0) is 4.28. The summed E-state index contributed by atoms with van der Waals surface area (Å²) in [6, 6.07) is 0. The molecule has 0 radical (unpaired) electrons. The summed E-state index contributed by atoms with van der Waals surface area (Å²) in [5.41, 5.74) is 4.57. The topological polar surface area (TPSA) is 63.3 Å². The van der Waals surface area contributed by atoms with Crippen LogP contribution in [0.2, 0.25) is 0 Å². The van der Waals surface area contributed by atoms with E-state index in [1.807, 2.05) is 0 Å². The van der Waals surface area contributed by atoms with Crippen molar-refractivity contribution in [3.05, 3.63) is 0 Å². The first-order valence-corrected chi connectivity index (χ1v) is 1.19. The van der Waals surface area contributed by atoms with Crippen LogP contribution in [0.5, 0.6) is 0 Å². The molecule has 0 aliphatic rings.